The fraction of sp³-hybridized carbons (Fsp3) is 0.600. The molecule has 0 radical (unpaired) electrons. The molecule has 1 fully saturated rings. The molecule has 0 saturated heterocycles. The summed E-state index contributed by atoms with van der Waals surface area (Å²) in [5.41, 5.74) is 0.963. The van der Waals surface area contributed by atoms with Crippen molar-refractivity contribution in [3.05, 3.63) is 29.6 Å². The molecule has 1 aromatic carbocycles. The lowest BCUT2D eigenvalue weighted by Crippen LogP contribution is -2.43. The first-order valence-electron chi connectivity index (χ1n) is 6.84. The molecule has 1 aliphatic carbocycles. The lowest BCUT2D eigenvalue weighted by molar-refractivity contribution is 0.0268. The van der Waals surface area contributed by atoms with Gasteiger partial charge in [-0.3, -0.25) is 0 Å². The van der Waals surface area contributed by atoms with E-state index in [0.29, 0.717) is 5.92 Å². The van der Waals surface area contributed by atoms with Crippen LogP contribution in [0.3, 0.4) is 0 Å². The Morgan fingerprint density at radius 1 is 1.44 bits per heavy atom. The normalized spacial score (nSPS) is 30.7. The van der Waals surface area contributed by atoms with Gasteiger partial charge < -0.3 is 10.1 Å². The topological polar surface area (TPSA) is 21.3 Å². The highest BCUT2D eigenvalue weighted by Gasteiger charge is 2.47. The van der Waals surface area contributed by atoms with Crippen molar-refractivity contribution in [3.8, 4) is 5.75 Å². The van der Waals surface area contributed by atoms with Crippen LogP contribution in [0.1, 0.15) is 44.7 Å². The fourth-order valence-corrected chi connectivity index (χ4v) is 3.07. The van der Waals surface area contributed by atoms with E-state index in [4.69, 9.17) is 4.74 Å². The highest BCUT2D eigenvalue weighted by atomic mass is 19.1. The molecular weight excluding hydrogens is 229 g/mol. The summed E-state index contributed by atoms with van der Waals surface area (Å²) in [6, 6.07) is 5.18. The highest BCUT2D eigenvalue weighted by molar-refractivity contribution is 5.39. The van der Waals surface area contributed by atoms with E-state index in [1.54, 1.807) is 0 Å². The van der Waals surface area contributed by atoms with Gasteiger partial charge in [0.25, 0.3) is 0 Å². The van der Waals surface area contributed by atoms with Crippen LogP contribution in [0.25, 0.3) is 0 Å². The number of hydrogen-bond acceptors (Lipinski definition) is 2. The van der Waals surface area contributed by atoms with Crippen LogP contribution in [-0.4, -0.2) is 12.1 Å². The SMILES string of the molecule is CCNC1CC(C)(C2CC2)Oc2cc(F)ccc21. The van der Waals surface area contributed by atoms with E-state index in [-0.39, 0.29) is 17.5 Å². The van der Waals surface area contributed by atoms with E-state index < -0.39 is 0 Å². The van der Waals surface area contributed by atoms with Gasteiger partial charge in [-0.2, -0.15) is 0 Å². The number of ether oxygens (including phenoxy) is 1. The molecule has 0 amide bonds. The van der Waals surface area contributed by atoms with Crippen molar-refractivity contribution in [2.24, 2.45) is 5.92 Å². The van der Waals surface area contributed by atoms with Gasteiger partial charge >= 0.3 is 0 Å². The summed E-state index contributed by atoms with van der Waals surface area (Å²) in [5.74, 6) is 1.14. The lowest BCUT2D eigenvalue weighted by Gasteiger charge is -2.40. The molecule has 1 saturated carbocycles. The van der Waals surface area contributed by atoms with Gasteiger partial charge in [0.05, 0.1) is 0 Å². The highest BCUT2D eigenvalue weighted by Crippen LogP contribution is 2.50. The van der Waals surface area contributed by atoms with Gasteiger partial charge in [0.1, 0.15) is 17.2 Å². The van der Waals surface area contributed by atoms with Crippen molar-refractivity contribution in [1.82, 2.24) is 5.32 Å². The molecule has 1 aromatic rings. The van der Waals surface area contributed by atoms with Crippen LogP contribution in [0.2, 0.25) is 0 Å². The van der Waals surface area contributed by atoms with Crippen molar-refractivity contribution in [2.75, 3.05) is 6.54 Å². The first kappa shape index (κ1) is 12.0. The number of hydrogen-bond donors (Lipinski definition) is 1. The van der Waals surface area contributed by atoms with Gasteiger partial charge in [-0.15, -0.1) is 0 Å². The van der Waals surface area contributed by atoms with Crippen LogP contribution in [-0.2, 0) is 0 Å². The molecule has 1 aliphatic heterocycles. The van der Waals surface area contributed by atoms with E-state index >= 15 is 0 Å². The van der Waals surface area contributed by atoms with Crippen molar-refractivity contribution >= 4 is 0 Å². The smallest absolute Gasteiger partial charge is 0.127 e. The summed E-state index contributed by atoms with van der Waals surface area (Å²) in [6.07, 6.45) is 3.45. The molecule has 1 N–H and O–H groups in total. The molecule has 2 atom stereocenters. The Morgan fingerprint density at radius 2 is 2.22 bits per heavy atom. The van der Waals surface area contributed by atoms with E-state index in [2.05, 4.69) is 19.2 Å². The van der Waals surface area contributed by atoms with E-state index in [0.717, 1.165) is 24.3 Å². The minimum absolute atomic E-state index is 0.131. The minimum atomic E-state index is -0.218. The Morgan fingerprint density at radius 3 is 2.89 bits per heavy atom. The number of benzene rings is 1. The summed E-state index contributed by atoms with van der Waals surface area (Å²) in [5, 5.41) is 3.50. The maximum atomic E-state index is 13.4. The second kappa shape index (κ2) is 4.23. The maximum Gasteiger partial charge on any atom is 0.127 e. The molecule has 2 nitrogen and oxygen atoms in total. The summed E-state index contributed by atoms with van der Waals surface area (Å²) in [4.78, 5) is 0. The quantitative estimate of drug-likeness (QED) is 0.886. The Labute approximate surface area is 108 Å². The molecule has 3 heteroatoms. The first-order valence-corrected chi connectivity index (χ1v) is 6.84. The van der Waals surface area contributed by atoms with Crippen LogP contribution in [0, 0.1) is 11.7 Å². The van der Waals surface area contributed by atoms with E-state index in [1.807, 2.05) is 6.07 Å². The van der Waals surface area contributed by atoms with Crippen molar-refractivity contribution in [1.29, 1.82) is 0 Å². The zero-order valence-electron chi connectivity index (χ0n) is 11.0. The van der Waals surface area contributed by atoms with E-state index in [1.165, 1.54) is 25.0 Å². The molecule has 98 valence electrons. The third-order valence-corrected chi connectivity index (χ3v) is 4.20. The third-order valence-electron chi connectivity index (χ3n) is 4.20. The molecule has 0 spiro atoms. The van der Waals surface area contributed by atoms with Crippen LogP contribution in [0.4, 0.5) is 4.39 Å². The zero-order chi connectivity index (χ0) is 12.8. The van der Waals surface area contributed by atoms with Crippen LogP contribution in [0.5, 0.6) is 5.75 Å². The van der Waals surface area contributed by atoms with Gasteiger partial charge in [0.15, 0.2) is 0 Å². The molecule has 2 aliphatic rings. The predicted molar refractivity (Wildman–Crippen MR) is 69.2 cm³/mol. The molecule has 3 rings (SSSR count). The molecule has 0 aromatic heterocycles. The number of fused-ring (bicyclic) bond motifs is 1. The van der Waals surface area contributed by atoms with Gasteiger partial charge in [-0.05, 0) is 38.3 Å². The average molecular weight is 249 g/mol. The van der Waals surface area contributed by atoms with Crippen molar-refractivity contribution in [2.45, 2.75) is 44.8 Å². The molecule has 0 bridgehead atoms. The minimum Gasteiger partial charge on any atom is -0.487 e. The standard InChI is InChI=1S/C15H20FNO/c1-3-17-13-9-15(2,10-4-5-10)18-14-8-11(16)6-7-12(13)14/h6-8,10,13,17H,3-5,9H2,1-2H3. The number of rotatable bonds is 3. The molecular formula is C15H20FNO. The Bertz CT molecular complexity index is 458. The monoisotopic (exact) mass is 249 g/mol. The second-order valence-corrected chi connectivity index (χ2v) is 5.69. The van der Waals surface area contributed by atoms with Crippen molar-refractivity contribution < 1.29 is 9.13 Å². The van der Waals surface area contributed by atoms with Crippen molar-refractivity contribution in [3.63, 3.8) is 0 Å². The largest absolute Gasteiger partial charge is 0.487 e. The average Bonchev–Trinajstić information content (AvgIpc) is 3.12. The summed E-state index contributed by atoms with van der Waals surface area (Å²) in [7, 11) is 0. The summed E-state index contributed by atoms with van der Waals surface area (Å²) >= 11 is 0. The molecule has 18 heavy (non-hydrogen) atoms. The molecule has 2 unspecified atom stereocenters. The predicted octanol–water partition coefficient (Wildman–Crippen LogP) is 3.43. The second-order valence-electron chi connectivity index (χ2n) is 5.69. The van der Waals surface area contributed by atoms with Crippen LogP contribution < -0.4 is 10.1 Å². The van der Waals surface area contributed by atoms with Gasteiger partial charge in [-0.1, -0.05) is 13.0 Å². The van der Waals surface area contributed by atoms with Gasteiger partial charge in [0, 0.05) is 24.1 Å². The van der Waals surface area contributed by atoms with E-state index in [9.17, 15) is 4.39 Å². The van der Waals surface area contributed by atoms with Crippen LogP contribution >= 0.6 is 0 Å². The Balaban J connectivity index is 1.97. The van der Waals surface area contributed by atoms with Crippen LogP contribution in [0.15, 0.2) is 18.2 Å². The van der Waals surface area contributed by atoms with Gasteiger partial charge in [0.2, 0.25) is 0 Å². The number of halogens is 1. The maximum absolute atomic E-state index is 13.4. The summed E-state index contributed by atoms with van der Waals surface area (Å²) in [6.45, 7) is 5.19. The Hall–Kier alpha value is -1.09. The van der Waals surface area contributed by atoms with Gasteiger partial charge in [-0.25, -0.2) is 4.39 Å². The number of nitrogens with one attached hydrogen (secondary N) is 1. The zero-order valence-corrected chi connectivity index (χ0v) is 11.0. The Kier molecular flexibility index (Phi) is 2.81. The first-order chi connectivity index (χ1) is 8.62. The summed E-state index contributed by atoms with van der Waals surface area (Å²) < 4.78 is 19.5. The fourth-order valence-electron chi connectivity index (χ4n) is 3.07. The third kappa shape index (κ3) is 2.01. The lowest BCUT2D eigenvalue weighted by atomic mass is 9.85. The molecule has 1 heterocycles.